The number of aliphatic hydroxyl groups is 1. The van der Waals surface area contributed by atoms with Gasteiger partial charge in [0.25, 0.3) is 0 Å². The predicted octanol–water partition coefficient (Wildman–Crippen LogP) is 7.98. The van der Waals surface area contributed by atoms with Crippen LogP contribution >= 0.6 is 0 Å². The number of carbonyl (C=O) groups is 1. The minimum atomic E-state index is -0.412. The molecule has 5 heteroatoms. The average Bonchev–Trinajstić information content (AvgIpc) is 2.89. The Kier molecular flexibility index (Phi) is 6.95. The van der Waals surface area contributed by atoms with E-state index in [0.29, 0.717) is 0 Å². The second-order valence-corrected chi connectivity index (χ2v) is 8.58. The van der Waals surface area contributed by atoms with Crippen LogP contribution in [0.2, 0.25) is 0 Å². The van der Waals surface area contributed by atoms with E-state index >= 15 is 0 Å². The van der Waals surface area contributed by atoms with Crippen molar-refractivity contribution >= 4 is 44.4 Å². The maximum atomic E-state index is 10.2. The van der Waals surface area contributed by atoms with Crippen LogP contribution in [-0.2, 0) is 24.9 Å². The average molecular weight is 651 g/mol. The van der Waals surface area contributed by atoms with E-state index in [1.165, 1.54) is 41.3 Å². The normalized spacial score (nSPS) is 12.5. The number of hydrogen-bond donors (Lipinski definition) is 1. The van der Waals surface area contributed by atoms with Gasteiger partial charge in [-0.15, -0.1) is 23.8 Å². The molecule has 0 fully saturated rings. The van der Waals surface area contributed by atoms with Gasteiger partial charge in [-0.3, -0.25) is 4.79 Å². The molecule has 2 heterocycles. The molecule has 1 aliphatic rings. The number of pyridine rings is 1. The van der Waals surface area contributed by atoms with Crippen LogP contribution in [0.25, 0.3) is 32.8 Å². The summed E-state index contributed by atoms with van der Waals surface area (Å²) in [5.41, 5.74) is 6.77. The van der Waals surface area contributed by atoms with Crippen molar-refractivity contribution in [3.05, 3.63) is 109 Å². The van der Waals surface area contributed by atoms with Gasteiger partial charge in [-0.2, -0.15) is 0 Å². The fraction of sp³-hybridized carbons (Fsp3) is 0.0968. The van der Waals surface area contributed by atoms with Gasteiger partial charge in [0.2, 0.25) is 0 Å². The van der Waals surface area contributed by atoms with E-state index in [1.54, 1.807) is 0 Å². The topological polar surface area (TPSA) is 53.4 Å². The summed E-state index contributed by atoms with van der Waals surface area (Å²) in [6, 6.07) is 30.9. The van der Waals surface area contributed by atoms with E-state index in [9.17, 15) is 4.79 Å². The Balaban J connectivity index is 0.000000313. The SMILES string of the molecule is Cc1ccc2cnc3c(c2c1)N(c1ccccc1)c1cccc2cc[c-]c-3c12.[2H]/C(C(C)=O)=C(\C)O.[Ir]. The predicted molar refractivity (Wildman–Crippen MR) is 144 cm³/mol. The number of aromatic nitrogens is 1. The summed E-state index contributed by atoms with van der Waals surface area (Å²) in [6.45, 7) is 4.69. The molecule has 0 unspecified atom stereocenters. The maximum Gasteiger partial charge on any atom is 0.155 e. The molecule has 1 radical (unpaired) electrons. The zero-order valence-electron chi connectivity index (χ0n) is 21.2. The van der Waals surface area contributed by atoms with Crippen LogP contribution in [0, 0.1) is 13.0 Å². The molecule has 0 saturated heterocycles. The van der Waals surface area contributed by atoms with E-state index in [-0.39, 0.29) is 31.9 Å². The van der Waals surface area contributed by atoms with Crippen LogP contribution in [0.3, 0.4) is 0 Å². The van der Waals surface area contributed by atoms with Crippen molar-refractivity contribution in [3.8, 4) is 11.3 Å². The van der Waals surface area contributed by atoms with Crippen molar-refractivity contribution in [1.82, 2.24) is 4.98 Å². The van der Waals surface area contributed by atoms with E-state index in [2.05, 4.69) is 90.7 Å². The third-order valence-corrected chi connectivity index (χ3v) is 5.91. The Hall–Kier alpha value is -3.79. The number of fused-ring (bicyclic) bond motifs is 4. The number of anilines is 3. The molecule has 6 rings (SSSR count). The number of benzene rings is 4. The van der Waals surface area contributed by atoms with Crippen molar-refractivity contribution in [2.75, 3.05) is 4.90 Å². The third kappa shape index (κ3) is 4.68. The fourth-order valence-corrected chi connectivity index (χ4v) is 4.57. The zero-order chi connectivity index (χ0) is 25.4. The summed E-state index contributed by atoms with van der Waals surface area (Å²) in [5, 5.41) is 13.3. The molecule has 1 aromatic heterocycles. The van der Waals surface area contributed by atoms with E-state index < -0.39 is 5.78 Å². The van der Waals surface area contributed by atoms with Crippen LogP contribution in [0.1, 0.15) is 20.8 Å². The first-order valence-electron chi connectivity index (χ1n) is 11.9. The van der Waals surface area contributed by atoms with Gasteiger partial charge in [0.05, 0.1) is 7.13 Å². The number of carbonyl (C=O) groups excluding carboxylic acids is 1. The van der Waals surface area contributed by atoms with Crippen molar-refractivity contribution < 1.29 is 31.4 Å². The number of nitrogens with zero attached hydrogens (tertiary/aromatic N) is 2. The van der Waals surface area contributed by atoms with Gasteiger partial charge >= 0.3 is 0 Å². The van der Waals surface area contributed by atoms with Crippen LogP contribution in [0.4, 0.5) is 17.1 Å². The van der Waals surface area contributed by atoms with Gasteiger partial charge < -0.3 is 15.0 Å². The molecule has 0 spiro atoms. The fourth-order valence-electron chi connectivity index (χ4n) is 4.57. The maximum absolute atomic E-state index is 10.2. The summed E-state index contributed by atoms with van der Waals surface area (Å²) in [5.74, 6) is -0.637. The first kappa shape index (κ1) is 23.9. The number of aryl methyl sites for hydroxylation is 1. The van der Waals surface area contributed by atoms with Gasteiger partial charge in [-0.05, 0) is 39.0 Å². The van der Waals surface area contributed by atoms with Gasteiger partial charge in [-0.25, -0.2) is 0 Å². The molecule has 0 bridgehead atoms. The monoisotopic (exact) mass is 651 g/mol. The van der Waals surface area contributed by atoms with Gasteiger partial charge in [0.15, 0.2) is 5.78 Å². The minimum Gasteiger partial charge on any atom is -0.512 e. The summed E-state index contributed by atoms with van der Waals surface area (Å²) in [7, 11) is 0. The third-order valence-electron chi connectivity index (χ3n) is 5.91. The Morgan fingerprint density at radius 1 is 1.03 bits per heavy atom. The minimum absolute atomic E-state index is 0. The van der Waals surface area contributed by atoms with Gasteiger partial charge in [0.1, 0.15) is 0 Å². The Morgan fingerprint density at radius 3 is 2.50 bits per heavy atom. The molecule has 1 N–H and O–H groups in total. The van der Waals surface area contributed by atoms with Crippen LogP contribution in [-0.4, -0.2) is 15.9 Å². The number of rotatable bonds is 2. The summed E-state index contributed by atoms with van der Waals surface area (Å²) in [6.07, 6.45) is 1.98. The summed E-state index contributed by atoms with van der Waals surface area (Å²) >= 11 is 0. The van der Waals surface area contributed by atoms with Crippen molar-refractivity contribution in [1.29, 1.82) is 0 Å². The number of allylic oxidation sites excluding steroid dienone is 2. The molecule has 0 amide bonds. The molecule has 4 aromatic carbocycles. The molecule has 5 aromatic rings. The second-order valence-electron chi connectivity index (χ2n) is 8.58. The van der Waals surface area contributed by atoms with Crippen molar-refractivity contribution in [2.24, 2.45) is 0 Å². The van der Waals surface area contributed by atoms with E-state index in [0.717, 1.165) is 28.0 Å². The Bertz CT molecular complexity index is 1660. The second kappa shape index (κ2) is 10.4. The number of hydrogen-bond acceptors (Lipinski definition) is 4. The van der Waals surface area contributed by atoms with Crippen molar-refractivity contribution in [2.45, 2.75) is 20.8 Å². The van der Waals surface area contributed by atoms with Crippen LogP contribution < -0.4 is 4.90 Å². The van der Waals surface area contributed by atoms with E-state index in [4.69, 9.17) is 11.5 Å². The first-order chi connectivity index (χ1) is 17.4. The van der Waals surface area contributed by atoms with Crippen LogP contribution in [0.5, 0.6) is 0 Å². The first-order valence-corrected chi connectivity index (χ1v) is 11.4. The van der Waals surface area contributed by atoms with Crippen LogP contribution in [0.15, 0.2) is 96.9 Å². The molecular formula is C31H25IrN2O2-. The number of ketones is 1. The molecule has 181 valence electrons. The number of aliphatic hydroxyl groups excluding tert-OH is 1. The molecular weight excluding hydrogens is 625 g/mol. The molecule has 1 aliphatic heterocycles. The molecule has 0 aliphatic carbocycles. The Labute approximate surface area is 225 Å². The van der Waals surface area contributed by atoms with Gasteiger partial charge in [-0.1, -0.05) is 64.9 Å². The molecule has 4 nitrogen and oxygen atoms in total. The Morgan fingerprint density at radius 2 is 1.81 bits per heavy atom. The number of para-hydroxylation sites is 1. The quantitative estimate of drug-likeness (QED) is 0.117. The molecule has 36 heavy (non-hydrogen) atoms. The summed E-state index contributed by atoms with van der Waals surface area (Å²) < 4.78 is 6.76. The molecule has 0 atom stereocenters. The smallest absolute Gasteiger partial charge is 0.155 e. The van der Waals surface area contributed by atoms with Crippen molar-refractivity contribution in [3.63, 3.8) is 0 Å². The van der Waals surface area contributed by atoms with Gasteiger partial charge in [0, 0.05) is 65.9 Å². The standard InChI is InChI=1S/C26H17N2.C5H8O2.Ir/c1-17-13-14-19-16-27-25-21-11-5-7-18-8-6-12-23(24(18)21)28(26(25)22(19)15-17)20-9-3-2-4-10-20;1-4(6)3-5(2)7;/h2-10,12-16H,1H3;3,6H,1-2H3;/q-1;;/b;4-3-;/i;3D;. The summed E-state index contributed by atoms with van der Waals surface area (Å²) in [4.78, 5) is 17.4. The zero-order valence-corrected chi connectivity index (χ0v) is 22.6. The largest absolute Gasteiger partial charge is 0.512 e. The van der Waals surface area contributed by atoms with E-state index in [1.807, 2.05) is 12.3 Å². The molecule has 0 saturated carbocycles.